The molecule has 0 bridgehead atoms. The average molecular weight is 448 g/mol. The van der Waals surface area contributed by atoms with Gasteiger partial charge < -0.3 is 4.74 Å². The molecule has 6 nitrogen and oxygen atoms in total. The van der Waals surface area contributed by atoms with Crippen LogP contribution in [0, 0.1) is 0 Å². The molecule has 5 rings (SSSR count). The molecule has 8 heteroatoms. The maximum absolute atomic E-state index is 13.0. The molecule has 4 aromatic rings. The smallest absolute Gasteiger partial charge is 0.339 e. The Morgan fingerprint density at radius 2 is 1.94 bits per heavy atom. The molecule has 0 radical (unpaired) electrons. The minimum absolute atomic E-state index is 0.188. The van der Waals surface area contributed by atoms with Crippen LogP contribution in [0.15, 0.2) is 76.8 Å². The number of rotatable bonds is 5. The summed E-state index contributed by atoms with van der Waals surface area (Å²) in [6, 6.07) is 14.8. The summed E-state index contributed by atoms with van der Waals surface area (Å²) in [6.07, 6.45) is 3.95. The van der Waals surface area contributed by atoms with E-state index in [9.17, 15) is 9.59 Å². The molecule has 0 N–H and O–H groups in total. The summed E-state index contributed by atoms with van der Waals surface area (Å²) in [5.74, 6) is -0.889. The molecule has 1 aromatic carbocycles. The Kier molecular flexibility index (Phi) is 5.31. The Morgan fingerprint density at radius 3 is 2.74 bits per heavy atom. The number of amides is 1. The first-order valence-corrected chi connectivity index (χ1v) is 11.4. The molecule has 1 aliphatic heterocycles. The Hall–Kier alpha value is -3.36. The average Bonchev–Trinajstić information content (AvgIpc) is 3.57. The van der Waals surface area contributed by atoms with E-state index >= 15 is 0 Å². The molecule has 0 fully saturated rings. The number of thiophene rings is 2. The second kappa shape index (κ2) is 8.41. The first-order valence-electron chi connectivity index (χ1n) is 9.67. The Balaban J connectivity index is 1.35. The highest BCUT2D eigenvalue weighted by atomic mass is 32.1. The third-order valence-electron chi connectivity index (χ3n) is 5.07. The molecular formula is C23H17N3O3S2. The third-order valence-corrected chi connectivity index (χ3v) is 6.96. The molecule has 0 aliphatic carbocycles. The molecule has 0 saturated carbocycles. The fraction of sp³-hybridized carbons (Fsp3) is 0.130. The van der Waals surface area contributed by atoms with Crippen LogP contribution in [0.1, 0.15) is 32.6 Å². The summed E-state index contributed by atoms with van der Waals surface area (Å²) in [4.78, 5) is 31.9. The number of aromatic nitrogens is 1. The van der Waals surface area contributed by atoms with Crippen LogP contribution in [0.3, 0.4) is 0 Å². The first kappa shape index (κ1) is 19.6. The van der Waals surface area contributed by atoms with Gasteiger partial charge in [-0.3, -0.25) is 9.78 Å². The number of hydrogen-bond donors (Lipinski definition) is 0. The van der Waals surface area contributed by atoms with Crippen molar-refractivity contribution < 1.29 is 14.3 Å². The second-order valence-corrected chi connectivity index (χ2v) is 8.90. The van der Waals surface area contributed by atoms with Crippen molar-refractivity contribution in [3.63, 3.8) is 0 Å². The van der Waals surface area contributed by atoms with Crippen LogP contribution in [0.4, 0.5) is 0 Å². The van der Waals surface area contributed by atoms with E-state index in [0.717, 1.165) is 26.2 Å². The van der Waals surface area contributed by atoms with Crippen molar-refractivity contribution in [1.29, 1.82) is 0 Å². The highest BCUT2D eigenvalue weighted by molar-refractivity contribution is 7.12. The van der Waals surface area contributed by atoms with Crippen molar-refractivity contribution in [3.05, 3.63) is 87.0 Å². The molecule has 1 amide bonds. The van der Waals surface area contributed by atoms with E-state index in [1.54, 1.807) is 53.3 Å². The van der Waals surface area contributed by atoms with E-state index in [-0.39, 0.29) is 18.6 Å². The molecule has 4 heterocycles. The van der Waals surface area contributed by atoms with Gasteiger partial charge in [-0.25, -0.2) is 9.80 Å². The summed E-state index contributed by atoms with van der Waals surface area (Å²) in [5.41, 5.74) is 1.28. The van der Waals surface area contributed by atoms with Crippen molar-refractivity contribution in [2.45, 2.75) is 12.5 Å². The lowest BCUT2D eigenvalue weighted by Crippen LogP contribution is -2.31. The molecule has 1 aliphatic rings. The molecule has 0 unspecified atom stereocenters. The first-order chi connectivity index (χ1) is 15.2. The predicted octanol–water partition coefficient (Wildman–Crippen LogP) is 4.89. The fourth-order valence-electron chi connectivity index (χ4n) is 3.61. The Labute approximate surface area is 186 Å². The second-order valence-electron chi connectivity index (χ2n) is 6.98. The van der Waals surface area contributed by atoms with Crippen LogP contribution in [0.25, 0.3) is 10.8 Å². The van der Waals surface area contributed by atoms with E-state index in [1.165, 1.54) is 5.01 Å². The number of carbonyl (C=O) groups is 2. The maximum atomic E-state index is 13.0. The van der Waals surface area contributed by atoms with Crippen LogP contribution < -0.4 is 0 Å². The van der Waals surface area contributed by atoms with E-state index in [2.05, 4.69) is 10.1 Å². The number of ether oxygens (including phenoxy) is 1. The van der Waals surface area contributed by atoms with Gasteiger partial charge in [-0.1, -0.05) is 24.3 Å². The lowest BCUT2D eigenvalue weighted by Gasteiger charge is -2.20. The lowest BCUT2D eigenvalue weighted by atomic mass is 10.1. The van der Waals surface area contributed by atoms with Gasteiger partial charge >= 0.3 is 5.97 Å². The summed E-state index contributed by atoms with van der Waals surface area (Å²) in [7, 11) is 0. The summed E-state index contributed by atoms with van der Waals surface area (Å²) < 4.78 is 5.39. The minimum atomic E-state index is -0.542. The van der Waals surface area contributed by atoms with Gasteiger partial charge in [0, 0.05) is 29.1 Å². The van der Waals surface area contributed by atoms with Gasteiger partial charge in [0.2, 0.25) is 0 Å². The SMILES string of the molecule is O=C(OCC(=O)N1N=C(c2cccs2)C[C@@H]1c1cccs1)c1cccc2cnccc12. The monoisotopic (exact) mass is 447 g/mol. The van der Waals surface area contributed by atoms with Crippen molar-refractivity contribution >= 4 is 51.0 Å². The van der Waals surface area contributed by atoms with Crippen molar-refractivity contribution in [1.82, 2.24) is 9.99 Å². The third kappa shape index (κ3) is 3.87. The van der Waals surface area contributed by atoms with Crippen molar-refractivity contribution in [2.24, 2.45) is 5.10 Å². The number of nitrogens with zero attached hydrogens (tertiary/aromatic N) is 3. The number of carbonyl (C=O) groups excluding carboxylic acids is 2. The molecule has 154 valence electrons. The zero-order valence-electron chi connectivity index (χ0n) is 16.3. The van der Waals surface area contributed by atoms with Crippen molar-refractivity contribution in [2.75, 3.05) is 6.61 Å². The molecule has 0 spiro atoms. The molecular weight excluding hydrogens is 430 g/mol. The number of fused-ring (bicyclic) bond motifs is 1. The normalized spacial score (nSPS) is 15.8. The molecule has 31 heavy (non-hydrogen) atoms. The van der Waals surface area contributed by atoms with Crippen LogP contribution in [-0.4, -0.2) is 34.2 Å². The highest BCUT2D eigenvalue weighted by Crippen LogP contribution is 2.36. The number of benzene rings is 1. The predicted molar refractivity (Wildman–Crippen MR) is 121 cm³/mol. The van der Waals surface area contributed by atoms with E-state index in [1.807, 2.05) is 41.1 Å². The largest absolute Gasteiger partial charge is 0.452 e. The number of pyridine rings is 1. The van der Waals surface area contributed by atoms with Gasteiger partial charge in [-0.2, -0.15) is 5.10 Å². The van der Waals surface area contributed by atoms with Crippen LogP contribution >= 0.6 is 22.7 Å². The van der Waals surface area contributed by atoms with Crippen molar-refractivity contribution in [3.8, 4) is 0 Å². The zero-order chi connectivity index (χ0) is 21.2. The van der Waals surface area contributed by atoms with Gasteiger partial charge in [0.25, 0.3) is 5.91 Å². The zero-order valence-corrected chi connectivity index (χ0v) is 17.9. The standard InChI is InChI=1S/C23H17N3O3S2/c27-22(14-29-23(28)17-5-1-4-15-13-24-9-8-16(15)17)26-19(21-7-3-11-31-21)12-18(25-26)20-6-2-10-30-20/h1-11,13,19H,12,14H2/t19-/m1/s1. The minimum Gasteiger partial charge on any atom is -0.452 e. The Morgan fingerprint density at radius 1 is 1.06 bits per heavy atom. The summed E-state index contributed by atoms with van der Waals surface area (Å²) in [5, 5.41) is 11.6. The van der Waals surface area contributed by atoms with E-state index < -0.39 is 5.97 Å². The topological polar surface area (TPSA) is 71.9 Å². The summed E-state index contributed by atoms with van der Waals surface area (Å²) >= 11 is 3.18. The molecule has 0 saturated heterocycles. The van der Waals surface area contributed by atoms with Crippen LogP contribution in [0.2, 0.25) is 0 Å². The van der Waals surface area contributed by atoms with E-state index in [4.69, 9.17) is 4.74 Å². The summed E-state index contributed by atoms with van der Waals surface area (Å²) in [6.45, 7) is -0.372. The van der Waals surface area contributed by atoms with Crippen LogP contribution in [0.5, 0.6) is 0 Å². The van der Waals surface area contributed by atoms with Crippen LogP contribution in [-0.2, 0) is 9.53 Å². The van der Waals surface area contributed by atoms with Gasteiger partial charge in [-0.05, 0) is 40.4 Å². The number of hydrazone groups is 1. The maximum Gasteiger partial charge on any atom is 0.339 e. The van der Waals surface area contributed by atoms with Gasteiger partial charge in [0.05, 0.1) is 22.2 Å². The molecule has 1 atom stereocenters. The highest BCUT2D eigenvalue weighted by Gasteiger charge is 2.34. The van der Waals surface area contributed by atoms with E-state index in [0.29, 0.717) is 12.0 Å². The quantitative estimate of drug-likeness (QED) is 0.408. The van der Waals surface area contributed by atoms with Gasteiger partial charge in [0.1, 0.15) is 0 Å². The Bertz CT molecular complexity index is 1260. The number of hydrogen-bond acceptors (Lipinski definition) is 7. The molecule has 3 aromatic heterocycles. The lowest BCUT2D eigenvalue weighted by molar-refractivity contribution is -0.136. The van der Waals surface area contributed by atoms with Gasteiger partial charge in [-0.15, -0.1) is 22.7 Å². The van der Waals surface area contributed by atoms with Gasteiger partial charge in [0.15, 0.2) is 6.61 Å². The number of esters is 1. The fourth-order valence-corrected chi connectivity index (χ4v) is 5.14.